The summed E-state index contributed by atoms with van der Waals surface area (Å²) in [4.78, 5) is 0. The number of fused-ring (bicyclic) bond motifs is 17. The van der Waals surface area contributed by atoms with Crippen LogP contribution < -0.4 is 0 Å². The number of aromatic nitrogens is 3. The second kappa shape index (κ2) is 7.53. The van der Waals surface area contributed by atoms with Crippen LogP contribution in [-0.2, 0) is 0 Å². The maximum Gasteiger partial charge on any atom is 0.0789 e. The van der Waals surface area contributed by atoms with Crippen molar-refractivity contribution in [2.75, 3.05) is 0 Å². The van der Waals surface area contributed by atoms with Crippen LogP contribution in [0.1, 0.15) is 0 Å². The fourth-order valence-corrected chi connectivity index (χ4v) is 8.84. The SMILES string of the molecule is c1ccc(-n2c3ccccc3c3ccc4c5c6c7cccc8c9ccccc9n(c6cc6c9ccccc9n(c65)c4c32)c87)cc1. The lowest BCUT2D eigenvalue weighted by Crippen LogP contribution is -1.95. The molecule has 0 aliphatic heterocycles. The minimum atomic E-state index is 1.18. The Balaban J connectivity index is 1.45. The Labute approximate surface area is 256 Å². The van der Waals surface area contributed by atoms with Crippen molar-refractivity contribution in [1.29, 1.82) is 0 Å². The molecule has 0 spiro atoms. The van der Waals surface area contributed by atoms with Gasteiger partial charge in [0.05, 0.1) is 44.1 Å². The predicted molar refractivity (Wildman–Crippen MR) is 190 cm³/mol. The zero-order chi connectivity index (χ0) is 29.0. The summed E-state index contributed by atoms with van der Waals surface area (Å²) < 4.78 is 7.57. The molecular weight excluding hydrogens is 546 g/mol. The molecular formula is C42H23N3. The number of para-hydroxylation sites is 5. The van der Waals surface area contributed by atoms with Crippen LogP contribution in [0.4, 0.5) is 0 Å². The molecule has 7 aromatic carbocycles. The van der Waals surface area contributed by atoms with Crippen molar-refractivity contribution in [3.8, 4) is 5.69 Å². The number of hydrogen-bond acceptors (Lipinski definition) is 0. The lowest BCUT2D eigenvalue weighted by atomic mass is 10.00. The number of rotatable bonds is 1. The Kier molecular flexibility index (Phi) is 3.76. The summed E-state index contributed by atoms with van der Waals surface area (Å²) in [7, 11) is 0. The van der Waals surface area contributed by atoms with Crippen LogP contribution in [0, 0.1) is 0 Å². The molecule has 0 radical (unpaired) electrons. The first-order valence-electron chi connectivity index (χ1n) is 15.6. The molecule has 45 heavy (non-hydrogen) atoms. The van der Waals surface area contributed by atoms with Gasteiger partial charge in [0, 0.05) is 59.5 Å². The molecule has 0 saturated carbocycles. The van der Waals surface area contributed by atoms with Gasteiger partial charge in [0.15, 0.2) is 0 Å². The van der Waals surface area contributed by atoms with E-state index in [1.54, 1.807) is 0 Å². The number of benzene rings is 7. The zero-order valence-corrected chi connectivity index (χ0v) is 24.1. The van der Waals surface area contributed by atoms with Gasteiger partial charge in [-0.15, -0.1) is 0 Å². The van der Waals surface area contributed by atoms with Gasteiger partial charge in [-0.3, -0.25) is 0 Å². The van der Waals surface area contributed by atoms with Crippen molar-refractivity contribution in [3.05, 3.63) is 140 Å². The molecule has 5 aromatic heterocycles. The van der Waals surface area contributed by atoms with Crippen LogP contribution >= 0.6 is 0 Å². The van der Waals surface area contributed by atoms with E-state index in [1.807, 2.05) is 0 Å². The second-order valence-electron chi connectivity index (χ2n) is 12.5. The van der Waals surface area contributed by atoms with Crippen LogP contribution in [0.2, 0.25) is 0 Å². The molecule has 0 aliphatic rings. The first-order chi connectivity index (χ1) is 22.4. The van der Waals surface area contributed by atoms with E-state index >= 15 is 0 Å². The Morgan fingerprint density at radius 2 is 0.844 bits per heavy atom. The second-order valence-corrected chi connectivity index (χ2v) is 12.5. The highest BCUT2D eigenvalue weighted by molar-refractivity contribution is 6.39. The number of nitrogens with zero attached hydrogens (tertiary/aromatic N) is 3. The fourth-order valence-electron chi connectivity index (χ4n) is 8.84. The van der Waals surface area contributed by atoms with E-state index in [0.29, 0.717) is 0 Å². The Morgan fingerprint density at radius 3 is 1.64 bits per heavy atom. The van der Waals surface area contributed by atoms with Gasteiger partial charge in [-0.25, -0.2) is 0 Å². The monoisotopic (exact) mass is 569 g/mol. The highest BCUT2D eigenvalue weighted by Gasteiger charge is 2.27. The molecule has 0 unspecified atom stereocenters. The Hall–Kier alpha value is -6.06. The highest BCUT2D eigenvalue weighted by atomic mass is 15.0. The van der Waals surface area contributed by atoms with Gasteiger partial charge < -0.3 is 13.4 Å². The highest BCUT2D eigenvalue weighted by Crippen LogP contribution is 2.50. The van der Waals surface area contributed by atoms with Crippen molar-refractivity contribution in [2.24, 2.45) is 0 Å². The van der Waals surface area contributed by atoms with E-state index < -0.39 is 0 Å². The van der Waals surface area contributed by atoms with Gasteiger partial charge in [0.1, 0.15) is 0 Å². The molecule has 0 aliphatic carbocycles. The average molecular weight is 570 g/mol. The normalized spacial score (nSPS) is 12.9. The molecule has 12 rings (SSSR count). The number of hydrogen-bond donors (Lipinski definition) is 0. The minimum Gasteiger partial charge on any atom is -0.308 e. The Morgan fingerprint density at radius 1 is 0.289 bits per heavy atom. The van der Waals surface area contributed by atoms with E-state index in [9.17, 15) is 0 Å². The summed E-state index contributed by atoms with van der Waals surface area (Å²) in [6.07, 6.45) is 0. The summed E-state index contributed by atoms with van der Waals surface area (Å²) in [6.45, 7) is 0. The molecule has 0 amide bonds. The van der Waals surface area contributed by atoms with Crippen molar-refractivity contribution >= 4 is 98.0 Å². The van der Waals surface area contributed by atoms with Crippen molar-refractivity contribution in [2.45, 2.75) is 0 Å². The average Bonchev–Trinajstić information content (AvgIpc) is 3.88. The first kappa shape index (κ1) is 22.5. The van der Waals surface area contributed by atoms with E-state index in [1.165, 1.54) is 104 Å². The molecule has 206 valence electrons. The first-order valence-corrected chi connectivity index (χ1v) is 15.6. The van der Waals surface area contributed by atoms with Crippen LogP contribution in [0.5, 0.6) is 0 Å². The molecule has 0 bridgehead atoms. The van der Waals surface area contributed by atoms with Crippen LogP contribution in [0.3, 0.4) is 0 Å². The van der Waals surface area contributed by atoms with Crippen molar-refractivity contribution in [1.82, 2.24) is 13.4 Å². The van der Waals surface area contributed by atoms with Crippen molar-refractivity contribution < 1.29 is 0 Å². The third kappa shape index (κ3) is 2.43. The van der Waals surface area contributed by atoms with Crippen LogP contribution in [0.15, 0.2) is 140 Å². The van der Waals surface area contributed by atoms with Gasteiger partial charge in [-0.2, -0.15) is 0 Å². The molecule has 5 heterocycles. The summed E-state index contributed by atoms with van der Waals surface area (Å²) in [5, 5.41) is 13.1. The molecule has 0 N–H and O–H groups in total. The molecule has 12 aromatic rings. The van der Waals surface area contributed by atoms with E-state index in [0.717, 1.165) is 0 Å². The lowest BCUT2D eigenvalue weighted by molar-refractivity contribution is 1.18. The molecule has 0 fully saturated rings. The van der Waals surface area contributed by atoms with Crippen LogP contribution in [0.25, 0.3) is 104 Å². The largest absolute Gasteiger partial charge is 0.308 e. The smallest absolute Gasteiger partial charge is 0.0789 e. The van der Waals surface area contributed by atoms with E-state index in [4.69, 9.17) is 0 Å². The van der Waals surface area contributed by atoms with Gasteiger partial charge >= 0.3 is 0 Å². The summed E-state index contributed by atoms with van der Waals surface area (Å²) in [6, 6.07) is 51.6. The quantitative estimate of drug-likeness (QED) is 0.187. The molecule has 0 atom stereocenters. The van der Waals surface area contributed by atoms with Gasteiger partial charge in [-0.1, -0.05) is 103 Å². The maximum absolute atomic E-state index is 2.57. The predicted octanol–water partition coefficient (Wildman–Crippen LogP) is 11.1. The third-order valence-electron chi connectivity index (χ3n) is 10.5. The lowest BCUT2D eigenvalue weighted by Gasteiger charge is -2.09. The fraction of sp³-hybridized carbons (Fsp3) is 0. The zero-order valence-electron chi connectivity index (χ0n) is 24.1. The summed E-state index contributed by atoms with van der Waals surface area (Å²) in [5.74, 6) is 0. The molecule has 0 saturated heterocycles. The van der Waals surface area contributed by atoms with Gasteiger partial charge in [0.2, 0.25) is 0 Å². The standard InChI is InChI=1S/C42H23N3/c1-2-11-24(12-3-1)43-33-18-7-4-14-26(33)29-21-22-31-38-37-30-17-10-16-28-25-13-5-8-19-34(25)44(39(28)30)36(37)23-32-27-15-6-9-20-35(27)45(40(32)38)42(31)41(29)43/h1-23H. The topological polar surface area (TPSA) is 13.8 Å². The van der Waals surface area contributed by atoms with Crippen molar-refractivity contribution in [3.63, 3.8) is 0 Å². The maximum atomic E-state index is 2.57. The summed E-state index contributed by atoms with van der Waals surface area (Å²) >= 11 is 0. The van der Waals surface area contributed by atoms with Crippen LogP contribution in [-0.4, -0.2) is 13.4 Å². The summed E-state index contributed by atoms with van der Waals surface area (Å²) in [5.41, 5.74) is 11.4. The van der Waals surface area contributed by atoms with E-state index in [-0.39, 0.29) is 0 Å². The van der Waals surface area contributed by atoms with Gasteiger partial charge in [-0.05, 0) is 36.4 Å². The Bertz CT molecular complexity index is 3190. The third-order valence-corrected chi connectivity index (χ3v) is 10.5. The molecule has 3 heteroatoms. The van der Waals surface area contributed by atoms with Gasteiger partial charge in [0.25, 0.3) is 0 Å². The van der Waals surface area contributed by atoms with E-state index in [2.05, 4.69) is 153 Å². The molecule has 3 nitrogen and oxygen atoms in total. The minimum absolute atomic E-state index is 1.18.